The highest BCUT2D eigenvalue weighted by Crippen LogP contribution is 2.54. The molecule has 0 saturated heterocycles. The molecule has 108 valence electrons. The number of hydrogen-bond donors (Lipinski definition) is 0. The van der Waals surface area contributed by atoms with Crippen LogP contribution >= 0.6 is 0 Å². The second-order valence-electron chi connectivity index (χ2n) is 6.19. The lowest BCUT2D eigenvalue weighted by Gasteiger charge is -2.31. The van der Waals surface area contributed by atoms with Crippen LogP contribution in [0.5, 0.6) is 0 Å². The van der Waals surface area contributed by atoms with Gasteiger partial charge in [-0.2, -0.15) is 0 Å². The molecule has 3 nitrogen and oxygen atoms in total. The van der Waals surface area contributed by atoms with Gasteiger partial charge in [-0.05, 0) is 56.3 Å². The van der Waals surface area contributed by atoms with Crippen LogP contribution < -0.4 is 0 Å². The maximum absolute atomic E-state index is 11.7. The Kier molecular flexibility index (Phi) is 4.54. The molecule has 5 unspecified atom stereocenters. The van der Waals surface area contributed by atoms with Crippen molar-refractivity contribution in [3.05, 3.63) is 11.8 Å². The lowest BCUT2D eigenvalue weighted by Crippen LogP contribution is -2.28. The van der Waals surface area contributed by atoms with E-state index in [0.29, 0.717) is 24.9 Å². The molecular formula is C16H26O3. The number of carbonyl (C=O) groups is 1. The summed E-state index contributed by atoms with van der Waals surface area (Å²) in [6, 6.07) is 0. The summed E-state index contributed by atoms with van der Waals surface area (Å²) in [4.78, 5) is 11.7. The third-order valence-electron chi connectivity index (χ3n) is 5.17. The molecule has 0 aromatic heterocycles. The summed E-state index contributed by atoms with van der Waals surface area (Å²) in [6.45, 7) is 9.56. The minimum absolute atomic E-state index is 0.269. The van der Waals surface area contributed by atoms with Crippen LogP contribution in [0.25, 0.3) is 0 Å². The molecular weight excluding hydrogens is 240 g/mol. The maximum Gasteiger partial charge on any atom is 0.334 e. The van der Waals surface area contributed by atoms with E-state index >= 15 is 0 Å². The van der Waals surface area contributed by atoms with Crippen LogP contribution in [-0.4, -0.2) is 19.2 Å². The Morgan fingerprint density at radius 3 is 2.53 bits per heavy atom. The maximum atomic E-state index is 11.7. The van der Waals surface area contributed by atoms with Crippen molar-refractivity contribution >= 4 is 5.97 Å². The average Bonchev–Trinajstić information content (AvgIpc) is 2.88. The smallest absolute Gasteiger partial charge is 0.334 e. The van der Waals surface area contributed by atoms with E-state index in [1.165, 1.54) is 18.9 Å². The molecule has 3 heteroatoms. The molecule has 2 bridgehead atoms. The second-order valence-corrected chi connectivity index (χ2v) is 6.19. The molecule has 0 radical (unpaired) electrons. The van der Waals surface area contributed by atoms with Gasteiger partial charge in [0.05, 0.1) is 19.3 Å². The van der Waals surface area contributed by atoms with E-state index in [1.54, 1.807) is 6.92 Å². The first-order valence-electron chi connectivity index (χ1n) is 7.50. The van der Waals surface area contributed by atoms with Crippen LogP contribution in [0.4, 0.5) is 0 Å². The second kappa shape index (κ2) is 5.98. The number of esters is 1. The topological polar surface area (TPSA) is 35.5 Å². The fourth-order valence-electron chi connectivity index (χ4n) is 3.95. The molecule has 2 fully saturated rings. The zero-order valence-corrected chi connectivity index (χ0v) is 12.5. The van der Waals surface area contributed by atoms with Gasteiger partial charge in [0.1, 0.15) is 5.76 Å². The minimum Gasteiger partial charge on any atom is -0.498 e. The van der Waals surface area contributed by atoms with Gasteiger partial charge in [0, 0.05) is 0 Å². The van der Waals surface area contributed by atoms with Crippen molar-refractivity contribution < 1.29 is 14.3 Å². The van der Waals surface area contributed by atoms with Crippen molar-refractivity contribution in [1.29, 1.82) is 0 Å². The van der Waals surface area contributed by atoms with Gasteiger partial charge in [0.2, 0.25) is 0 Å². The van der Waals surface area contributed by atoms with Crippen LogP contribution in [0.1, 0.15) is 40.5 Å². The number of fused-ring (bicyclic) bond motifs is 2. The summed E-state index contributed by atoms with van der Waals surface area (Å²) in [5.74, 6) is 4.16. The summed E-state index contributed by atoms with van der Waals surface area (Å²) in [5, 5.41) is 0. The van der Waals surface area contributed by atoms with E-state index in [1.807, 2.05) is 6.92 Å². The Morgan fingerprint density at radius 2 is 1.95 bits per heavy atom. The van der Waals surface area contributed by atoms with Gasteiger partial charge in [0.25, 0.3) is 0 Å². The summed E-state index contributed by atoms with van der Waals surface area (Å²) in [6.07, 6.45) is 4.01. The summed E-state index contributed by atoms with van der Waals surface area (Å²) >= 11 is 0. The third kappa shape index (κ3) is 3.13. The largest absolute Gasteiger partial charge is 0.498 e. The molecule has 2 rings (SSSR count). The van der Waals surface area contributed by atoms with Gasteiger partial charge >= 0.3 is 5.97 Å². The molecule has 2 aliphatic carbocycles. The van der Waals surface area contributed by atoms with Crippen LogP contribution in [0.15, 0.2) is 11.8 Å². The molecule has 5 atom stereocenters. The lowest BCUT2D eigenvalue weighted by molar-refractivity contribution is -0.140. The molecule has 0 heterocycles. The molecule has 0 aromatic rings. The Balaban J connectivity index is 1.78. The standard InChI is InChI=1S/C16H26O3/c1-5-18-10(2)6-16(17)19-9-14-7-13-8-15(14)12(4)11(13)3/h6,11-15H,5,7-9H2,1-4H3/b10-6-. The predicted molar refractivity (Wildman–Crippen MR) is 74.4 cm³/mol. The van der Waals surface area contributed by atoms with Crippen molar-refractivity contribution in [3.63, 3.8) is 0 Å². The van der Waals surface area contributed by atoms with E-state index in [0.717, 1.165) is 23.7 Å². The van der Waals surface area contributed by atoms with Crippen LogP contribution in [-0.2, 0) is 14.3 Å². The number of ether oxygens (including phenoxy) is 2. The first-order valence-corrected chi connectivity index (χ1v) is 7.50. The molecule has 2 saturated carbocycles. The monoisotopic (exact) mass is 266 g/mol. The fraction of sp³-hybridized carbons (Fsp3) is 0.812. The van der Waals surface area contributed by atoms with Crippen LogP contribution in [0.2, 0.25) is 0 Å². The molecule has 0 aliphatic heterocycles. The van der Waals surface area contributed by atoms with E-state index in [9.17, 15) is 4.79 Å². The Hall–Kier alpha value is -0.990. The van der Waals surface area contributed by atoms with Gasteiger partial charge in [-0.1, -0.05) is 13.8 Å². The number of hydrogen-bond acceptors (Lipinski definition) is 3. The highest BCUT2D eigenvalue weighted by Gasteiger charge is 2.48. The zero-order chi connectivity index (χ0) is 14.0. The first kappa shape index (κ1) is 14.4. The molecule has 19 heavy (non-hydrogen) atoms. The number of allylic oxidation sites excluding steroid dienone is 1. The quantitative estimate of drug-likeness (QED) is 0.434. The van der Waals surface area contributed by atoms with Crippen molar-refractivity contribution in [1.82, 2.24) is 0 Å². The van der Waals surface area contributed by atoms with Crippen molar-refractivity contribution in [2.45, 2.75) is 40.5 Å². The summed E-state index contributed by atoms with van der Waals surface area (Å²) in [5.41, 5.74) is 0. The summed E-state index contributed by atoms with van der Waals surface area (Å²) < 4.78 is 10.6. The molecule has 0 amide bonds. The van der Waals surface area contributed by atoms with E-state index < -0.39 is 0 Å². The number of rotatable bonds is 5. The summed E-state index contributed by atoms with van der Waals surface area (Å²) in [7, 11) is 0. The molecule has 0 spiro atoms. The SMILES string of the molecule is CCO/C(C)=C\C(=O)OCC1CC2CC1C(C)C2C. The van der Waals surface area contributed by atoms with Gasteiger partial charge in [0.15, 0.2) is 0 Å². The number of carbonyl (C=O) groups excluding carboxylic acids is 1. The predicted octanol–water partition coefficient (Wildman–Crippen LogP) is 3.40. The highest BCUT2D eigenvalue weighted by molar-refractivity contribution is 5.82. The van der Waals surface area contributed by atoms with Crippen LogP contribution in [0, 0.1) is 29.6 Å². The van der Waals surface area contributed by atoms with Gasteiger partial charge in [-0.15, -0.1) is 0 Å². The minimum atomic E-state index is -0.269. The van der Waals surface area contributed by atoms with Gasteiger partial charge in [-0.25, -0.2) is 4.79 Å². The molecule has 2 aliphatic rings. The van der Waals surface area contributed by atoms with Crippen molar-refractivity contribution in [2.75, 3.05) is 13.2 Å². The zero-order valence-electron chi connectivity index (χ0n) is 12.5. The normalized spacial score (nSPS) is 37.5. The third-order valence-corrected chi connectivity index (χ3v) is 5.17. The molecule has 0 aromatic carbocycles. The first-order chi connectivity index (χ1) is 9.02. The van der Waals surface area contributed by atoms with E-state index in [2.05, 4.69) is 13.8 Å². The van der Waals surface area contributed by atoms with E-state index in [-0.39, 0.29) is 5.97 Å². The van der Waals surface area contributed by atoms with E-state index in [4.69, 9.17) is 9.47 Å². The Bertz CT molecular complexity index is 359. The Labute approximate surface area is 116 Å². The van der Waals surface area contributed by atoms with Gasteiger partial charge < -0.3 is 9.47 Å². The van der Waals surface area contributed by atoms with Crippen molar-refractivity contribution in [2.24, 2.45) is 29.6 Å². The highest BCUT2D eigenvalue weighted by atomic mass is 16.5. The Morgan fingerprint density at radius 1 is 1.21 bits per heavy atom. The molecule has 0 N–H and O–H groups in total. The fourth-order valence-corrected chi connectivity index (χ4v) is 3.95. The van der Waals surface area contributed by atoms with Crippen molar-refractivity contribution in [3.8, 4) is 0 Å². The average molecular weight is 266 g/mol. The lowest BCUT2D eigenvalue weighted by atomic mass is 9.76. The van der Waals surface area contributed by atoms with Gasteiger partial charge in [-0.3, -0.25) is 0 Å². The van der Waals surface area contributed by atoms with Crippen LogP contribution in [0.3, 0.4) is 0 Å².